The summed E-state index contributed by atoms with van der Waals surface area (Å²) < 4.78 is 9.94. The number of carbonyl (C=O) groups is 1. The Morgan fingerprint density at radius 1 is 1.64 bits per heavy atom. The first-order chi connectivity index (χ1) is 6.69. The molecule has 78 valence electrons. The molecule has 0 radical (unpaired) electrons. The summed E-state index contributed by atoms with van der Waals surface area (Å²) in [5.41, 5.74) is 0.931. The lowest BCUT2D eigenvalue weighted by Crippen LogP contribution is -1.97. The molecule has 0 bridgehead atoms. The van der Waals surface area contributed by atoms with Crippen LogP contribution in [-0.4, -0.2) is 25.6 Å². The van der Waals surface area contributed by atoms with Gasteiger partial charge in [-0.1, -0.05) is 11.3 Å². The smallest absolute Gasteiger partial charge is 0.348 e. The van der Waals surface area contributed by atoms with Crippen molar-refractivity contribution in [3.63, 3.8) is 0 Å². The Hall–Kier alpha value is -0.740. The molecule has 1 rings (SSSR count). The molecule has 1 heterocycles. The molecule has 14 heavy (non-hydrogen) atoms. The summed E-state index contributed by atoms with van der Waals surface area (Å²) in [6.45, 7) is 2.33. The molecule has 0 N–H and O–H groups in total. The van der Waals surface area contributed by atoms with Gasteiger partial charge in [0.1, 0.15) is 11.5 Å². The number of thiophene rings is 1. The van der Waals surface area contributed by atoms with Crippen molar-refractivity contribution in [2.24, 2.45) is 0 Å². The number of alkyl halides is 1. The van der Waals surface area contributed by atoms with Gasteiger partial charge in [-0.25, -0.2) is 4.79 Å². The highest BCUT2D eigenvalue weighted by Crippen LogP contribution is 2.30. The second kappa shape index (κ2) is 5.22. The average Bonchev–Trinajstić information content (AvgIpc) is 2.56. The van der Waals surface area contributed by atoms with Crippen LogP contribution in [0.3, 0.4) is 0 Å². The molecule has 0 fully saturated rings. The minimum absolute atomic E-state index is 0.334. The van der Waals surface area contributed by atoms with E-state index in [0.717, 1.165) is 10.6 Å². The first-order valence-corrected chi connectivity index (χ1v) is 5.41. The molecule has 0 saturated heterocycles. The highest BCUT2D eigenvalue weighted by atomic mass is 35.5. The zero-order valence-corrected chi connectivity index (χ0v) is 9.57. The van der Waals surface area contributed by atoms with Gasteiger partial charge in [-0.2, -0.15) is 0 Å². The fraction of sp³-hybridized carbons (Fsp3) is 0.444. The summed E-state index contributed by atoms with van der Waals surface area (Å²) in [6.07, 6.45) is 0. The maximum atomic E-state index is 11.2. The van der Waals surface area contributed by atoms with Gasteiger partial charge in [0.2, 0.25) is 0 Å². The Balaban J connectivity index is 2.76. The molecule has 1 aromatic heterocycles. The van der Waals surface area contributed by atoms with E-state index in [9.17, 15) is 4.79 Å². The topological polar surface area (TPSA) is 35.5 Å². The third-order valence-corrected chi connectivity index (χ3v) is 2.85. The number of methoxy groups -OCH3 is 1. The third-order valence-electron chi connectivity index (χ3n) is 1.57. The van der Waals surface area contributed by atoms with Gasteiger partial charge in [0.05, 0.1) is 13.0 Å². The number of rotatable bonds is 4. The Labute approximate surface area is 91.6 Å². The largest absolute Gasteiger partial charge is 0.482 e. The quantitative estimate of drug-likeness (QED) is 0.593. The van der Waals surface area contributed by atoms with Crippen LogP contribution >= 0.6 is 22.9 Å². The number of carbonyl (C=O) groups excluding carboxylic acids is 1. The van der Waals surface area contributed by atoms with Crippen molar-refractivity contribution >= 4 is 28.9 Å². The summed E-state index contributed by atoms with van der Waals surface area (Å²) in [5.74, 6) is 0.101. The van der Waals surface area contributed by atoms with E-state index in [-0.39, 0.29) is 5.97 Å². The number of esters is 1. The summed E-state index contributed by atoms with van der Waals surface area (Å²) >= 11 is 6.77. The van der Waals surface area contributed by atoms with Gasteiger partial charge in [-0.05, 0) is 13.0 Å². The fourth-order valence-electron chi connectivity index (χ4n) is 0.941. The summed E-state index contributed by atoms with van der Waals surface area (Å²) in [6, 6.07) is 1.75. The minimum Gasteiger partial charge on any atom is -0.482 e. The standard InChI is InChI=1S/C9H11ClO3S/c1-6-5-7(8(11)12-2)14-9(6)13-4-3-10/h5H,3-4H2,1-2H3. The van der Waals surface area contributed by atoms with Crippen molar-refractivity contribution in [2.75, 3.05) is 19.6 Å². The number of hydrogen-bond donors (Lipinski definition) is 0. The van der Waals surface area contributed by atoms with Gasteiger partial charge in [0, 0.05) is 5.56 Å². The van der Waals surface area contributed by atoms with Gasteiger partial charge < -0.3 is 9.47 Å². The average molecular weight is 235 g/mol. The number of aryl methyl sites for hydroxylation is 1. The van der Waals surface area contributed by atoms with Crippen LogP contribution < -0.4 is 4.74 Å². The molecule has 1 aromatic rings. The molecule has 0 atom stereocenters. The lowest BCUT2D eigenvalue weighted by atomic mass is 10.3. The van der Waals surface area contributed by atoms with Gasteiger partial charge in [-0.3, -0.25) is 0 Å². The van der Waals surface area contributed by atoms with Crippen LogP contribution in [0.4, 0.5) is 0 Å². The molecule has 3 nitrogen and oxygen atoms in total. The zero-order valence-electron chi connectivity index (χ0n) is 8.00. The first-order valence-electron chi connectivity index (χ1n) is 4.06. The molecular formula is C9H11ClO3S. The van der Waals surface area contributed by atoms with Crippen LogP contribution in [-0.2, 0) is 4.74 Å². The van der Waals surface area contributed by atoms with Gasteiger partial charge in [-0.15, -0.1) is 11.6 Å². The number of hydrogen-bond acceptors (Lipinski definition) is 4. The molecule has 0 amide bonds. The Morgan fingerprint density at radius 2 is 2.36 bits per heavy atom. The van der Waals surface area contributed by atoms with E-state index in [1.807, 2.05) is 6.92 Å². The molecule has 0 unspecified atom stereocenters. The highest BCUT2D eigenvalue weighted by molar-refractivity contribution is 7.15. The second-order valence-electron chi connectivity index (χ2n) is 2.61. The molecule has 0 aromatic carbocycles. The Kier molecular flexibility index (Phi) is 4.22. The summed E-state index contributed by atoms with van der Waals surface area (Å²) in [7, 11) is 1.36. The monoisotopic (exact) mass is 234 g/mol. The van der Waals surface area contributed by atoms with E-state index in [1.165, 1.54) is 18.4 Å². The lowest BCUT2D eigenvalue weighted by Gasteiger charge is -2.00. The third kappa shape index (κ3) is 2.62. The molecule has 0 saturated carbocycles. The zero-order chi connectivity index (χ0) is 10.6. The van der Waals surface area contributed by atoms with E-state index in [0.29, 0.717) is 17.4 Å². The molecule has 0 aliphatic rings. The highest BCUT2D eigenvalue weighted by Gasteiger charge is 2.13. The van der Waals surface area contributed by atoms with Crippen molar-refractivity contribution in [1.29, 1.82) is 0 Å². The van der Waals surface area contributed by atoms with Crippen LogP contribution in [0.2, 0.25) is 0 Å². The molecule has 0 aliphatic heterocycles. The van der Waals surface area contributed by atoms with Crippen molar-refractivity contribution in [2.45, 2.75) is 6.92 Å². The number of halogens is 1. The molecule has 0 spiro atoms. The lowest BCUT2D eigenvalue weighted by molar-refractivity contribution is 0.0606. The maximum absolute atomic E-state index is 11.2. The predicted octanol–water partition coefficient (Wildman–Crippen LogP) is 2.46. The van der Waals surface area contributed by atoms with Crippen molar-refractivity contribution in [3.05, 3.63) is 16.5 Å². The normalized spacial score (nSPS) is 9.93. The van der Waals surface area contributed by atoms with Crippen LogP contribution in [0, 0.1) is 6.92 Å². The summed E-state index contributed by atoms with van der Waals surface area (Å²) in [5, 5.41) is 0.728. The van der Waals surface area contributed by atoms with Crippen molar-refractivity contribution < 1.29 is 14.3 Å². The van der Waals surface area contributed by atoms with Gasteiger partial charge >= 0.3 is 5.97 Å². The second-order valence-corrected chi connectivity index (χ2v) is 4.00. The SMILES string of the molecule is COC(=O)c1cc(C)c(OCCCl)s1. The number of ether oxygens (including phenoxy) is 2. The molecule has 5 heteroatoms. The minimum atomic E-state index is -0.334. The van der Waals surface area contributed by atoms with E-state index < -0.39 is 0 Å². The Bertz CT molecular complexity index is 322. The predicted molar refractivity (Wildman–Crippen MR) is 56.6 cm³/mol. The van der Waals surface area contributed by atoms with Crippen molar-refractivity contribution in [1.82, 2.24) is 0 Å². The maximum Gasteiger partial charge on any atom is 0.348 e. The van der Waals surface area contributed by atoms with E-state index in [2.05, 4.69) is 4.74 Å². The van der Waals surface area contributed by atoms with Crippen LogP contribution in [0.5, 0.6) is 5.06 Å². The van der Waals surface area contributed by atoms with Crippen LogP contribution in [0.15, 0.2) is 6.07 Å². The van der Waals surface area contributed by atoms with Crippen molar-refractivity contribution in [3.8, 4) is 5.06 Å². The Morgan fingerprint density at radius 3 is 2.93 bits per heavy atom. The van der Waals surface area contributed by atoms with E-state index in [4.69, 9.17) is 16.3 Å². The van der Waals surface area contributed by atoms with E-state index in [1.54, 1.807) is 6.07 Å². The van der Waals surface area contributed by atoms with Crippen LogP contribution in [0.25, 0.3) is 0 Å². The van der Waals surface area contributed by atoms with Gasteiger partial charge in [0.15, 0.2) is 5.06 Å². The van der Waals surface area contributed by atoms with E-state index >= 15 is 0 Å². The van der Waals surface area contributed by atoms with Crippen LogP contribution in [0.1, 0.15) is 15.2 Å². The molecule has 0 aliphatic carbocycles. The molecular weight excluding hydrogens is 224 g/mol. The fourth-order valence-corrected chi connectivity index (χ4v) is 1.98. The van der Waals surface area contributed by atoms with Gasteiger partial charge in [0.25, 0.3) is 0 Å². The first kappa shape index (κ1) is 11.3. The summed E-state index contributed by atoms with van der Waals surface area (Å²) in [4.78, 5) is 11.7.